The van der Waals surface area contributed by atoms with Crippen LogP contribution in [0.15, 0.2) is 84.0 Å². The fraction of sp³-hybridized carbons (Fsp3) is 0.0870. The van der Waals surface area contributed by atoms with Crippen LogP contribution in [-0.2, 0) is 12.4 Å². The molecule has 8 heteroatoms. The third kappa shape index (κ3) is 4.42. The quantitative estimate of drug-likeness (QED) is 0.325. The molecule has 0 aliphatic rings. The molecule has 0 aliphatic carbocycles. The van der Waals surface area contributed by atoms with E-state index in [0.29, 0.717) is 23.2 Å². The second-order valence-electron chi connectivity index (χ2n) is 6.80. The van der Waals surface area contributed by atoms with Gasteiger partial charge in [0.15, 0.2) is 11.0 Å². The molecule has 0 bridgehead atoms. The Labute approximate surface area is 188 Å². The van der Waals surface area contributed by atoms with Crippen LogP contribution in [0.4, 0.5) is 0 Å². The van der Waals surface area contributed by atoms with Crippen molar-refractivity contribution in [2.75, 3.05) is 0 Å². The number of hydrogen-bond donors (Lipinski definition) is 1. The highest BCUT2D eigenvalue weighted by Gasteiger charge is 2.16. The van der Waals surface area contributed by atoms with Gasteiger partial charge in [0, 0.05) is 10.7 Å². The van der Waals surface area contributed by atoms with Gasteiger partial charge in [-0.05, 0) is 48.5 Å². The van der Waals surface area contributed by atoms with Crippen molar-refractivity contribution in [2.24, 2.45) is 0 Å². The fourth-order valence-electron chi connectivity index (χ4n) is 3.21. The van der Waals surface area contributed by atoms with Crippen LogP contribution in [0, 0.1) is 0 Å². The molecule has 2 heterocycles. The lowest BCUT2D eigenvalue weighted by atomic mass is 10.3. The van der Waals surface area contributed by atoms with Gasteiger partial charge in [-0.1, -0.05) is 53.7 Å². The molecule has 5 rings (SSSR count). The van der Waals surface area contributed by atoms with Crippen LogP contribution in [-0.4, -0.2) is 24.7 Å². The Morgan fingerprint density at radius 3 is 2.48 bits per heavy atom. The van der Waals surface area contributed by atoms with Crippen LogP contribution in [0.1, 0.15) is 11.6 Å². The number of nitrogens with zero attached hydrogens (tertiary/aromatic N) is 4. The molecular formula is C23H18ClN5OS. The summed E-state index contributed by atoms with van der Waals surface area (Å²) in [6.45, 7) is 0.296. The van der Waals surface area contributed by atoms with Gasteiger partial charge in [-0.25, -0.2) is 4.98 Å². The summed E-state index contributed by atoms with van der Waals surface area (Å²) in [4.78, 5) is 8.00. The molecule has 0 aliphatic heterocycles. The minimum absolute atomic E-state index is 0.296. The van der Waals surface area contributed by atoms with Crippen LogP contribution in [0.2, 0.25) is 5.02 Å². The molecule has 0 fully saturated rings. The smallest absolute Gasteiger partial charge is 0.196 e. The number of nitrogens with one attached hydrogen (secondary N) is 1. The molecule has 2 aromatic heterocycles. The van der Waals surface area contributed by atoms with E-state index in [0.717, 1.165) is 33.5 Å². The number of aromatic nitrogens is 5. The molecule has 0 unspecified atom stereocenters. The van der Waals surface area contributed by atoms with Crippen LogP contribution in [0.5, 0.6) is 5.75 Å². The summed E-state index contributed by atoms with van der Waals surface area (Å²) >= 11 is 7.65. The second-order valence-corrected chi connectivity index (χ2v) is 8.18. The predicted molar refractivity (Wildman–Crippen MR) is 123 cm³/mol. The number of thioether (sulfide) groups is 1. The van der Waals surface area contributed by atoms with Crippen LogP contribution < -0.4 is 4.74 Å². The van der Waals surface area contributed by atoms with Crippen molar-refractivity contribution in [3.05, 3.63) is 95.5 Å². The first kappa shape index (κ1) is 19.7. The number of imidazole rings is 1. The first-order chi connectivity index (χ1) is 15.3. The van der Waals surface area contributed by atoms with E-state index in [4.69, 9.17) is 16.3 Å². The monoisotopic (exact) mass is 447 g/mol. The van der Waals surface area contributed by atoms with Gasteiger partial charge in [0.1, 0.15) is 18.2 Å². The van der Waals surface area contributed by atoms with Crippen LogP contribution >= 0.6 is 23.4 Å². The summed E-state index contributed by atoms with van der Waals surface area (Å²) in [6, 6.07) is 25.3. The number of rotatable bonds is 7. The average molecular weight is 448 g/mol. The van der Waals surface area contributed by atoms with E-state index in [2.05, 4.69) is 20.2 Å². The van der Waals surface area contributed by atoms with E-state index < -0.39 is 0 Å². The first-order valence-corrected chi connectivity index (χ1v) is 11.1. The fourth-order valence-corrected chi connectivity index (χ4v) is 4.18. The minimum Gasteiger partial charge on any atom is -0.486 e. The standard InChI is InChI=1S/C23H18ClN5OS/c24-16-10-12-17(13-11-16)29-22(14-30-18-6-2-1-3-7-18)27-28-23(29)31-15-21-25-19-8-4-5-9-20(19)26-21/h1-13H,14-15H2,(H,25,26). The van der Waals surface area contributed by atoms with Crippen molar-refractivity contribution in [1.29, 1.82) is 0 Å². The summed E-state index contributed by atoms with van der Waals surface area (Å²) in [7, 11) is 0. The highest BCUT2D eigenvalue weighted by atomic mass is 35.5. The Balaban J connectivity index is 1.41. The zero-order chi connectivity index (χ0) is 21.0. The van der Waals surface area contributed by atoms with Gasteiger partial charge in [0.25, 0.3) is 0 Å². The summed E-state index contributed by atoms with van der Waals surface area (Å²) in [5.41, 5.74) is 2.90. The number of hydrogen-bond acceptors (Lipinski definition) is 5. The number of halogens is 1. The Bertz CT molecular complexity index is 1270. The number of fused-ring (bicyclic) bond motifs is 1. The van der Waals surface area contributed by atoms with E-state index >= 15 is 0 Å². The number of benzene rings is 3. The van der Waals surface area contributed by atoms with Gasteiger partial charge in [-0.2, -0.15) is 0 Å². The third-order valence-electron chi connectivity index (χ3n) is 4.67. The molecule has 5 aromatic rings. The molecule has 0 radical (unpaired) electrons. The van der Waals surface area contributed by atoms with E-state index in [-0.39, 0.29) is 0 Å². The van der Waals surface area contributed by atoms with Gasteiger partial charge in [-0.15, -0.1) is 10.2 Å². The van der Waals surface area contributed by atoms with Crippen molar-refractivity contribution in [1.82, 2.24) is 24.7 Å². The summed E-state index contributed by atoms with van der Waals surface area (Å²) in [5, 5.41) is 10.2. The summed E-state index contributed by atoms with van der Waals surface area (Å²) in [6.07, 6.45) is 0. The normalized spacial score (nSPS) is 11.1. The summed E-state index contributed by atoms with van der Waals surface area (Å²) < 4.78 is 7.91. The second kappa shape index (κ2) is 8.83. The molecule has 0 spiro atoms. The summed E-state index contributed by atoms with van der Waals surface area (Å²) in [5.74, 6) is 3.02. The Morgan fingerprint density at radius 2 is 1.68 bits per heavy atom. The van der Waals surface area contributed by atoms with Crippen molar-refractivity contribution >= 4 is 34.4 Å². The number of ether oxygens (including phenoxy) is 1. The maximum atomic E-state index is 6.09. The topological polar surface area (TPSA) is 68.6 Å². The predicted octanol–water partition coefficient (Wildman–Crippen LogP) is 5.67. The number of H-pyrrole nitrogens is 1. The Morgan fingerprint density at radius 1 is 0.903 bits per heavy atom. The zero-order valence-electron chi connectivity index (χ0n) is 16.4. The largest absolute Gasteiger partial charge is 0.486 e. The molecule has 0 saturated carbocycles. The lowest BCUT2D eigenvalue weighted by Crippen LogP contribution is -2.06. The van der Waals surface area contributed by atoms with Crippen LogP contribution in [0.3, 0.4) is 0 Å². The van der Waals surface area contributed by atoms with Gasteiger partial charge in [0.05, 0.1) is 16.8 Å². The SMILES string of the molecule is Clc1ccc(-n2c(COc3ccccc3)nnc2SCc2nc3ccccc3[nH]2)cc1. The maximum absolute atomic E-state index is 6.09. The van der Waals surface area contributed by atoms with Gasteiger partial charge in [-0.3, -0.25) is 4.57 Å². The van der Waals surface area contributed by atoms with Crippen molar-refractivity contribution in [3.63, 3.8) is 0 Å². The lowest BCUT2D eigenvalue weighted by molar-refractivity contribution is 0.293. The van der Waals surface area contributed by atoms with Gasteiger partial charge in [0.2, 0.25) is 0 Å². The van der Waals surface area contributed by atoms with Crippen molar-refractivity contribution < 1.29 is 4.74 Å². The molecule has 3 aromatic carbocycles. The third-order valence-corrected chi connectivity index (χ3v) is 5.86. The molecule has 31 heavy (non-hydrogen) atoms. The maximum Gasteiger partial charge on any atom is 0.196 e. The van der Waals surface area contributed by atoms with E-state index in [1.54, 1.807) is 11.8 Å². The average Bonchev–Trinajstić information content (AvgIpc) is 3.41. The highest BCUT2D eigenvalue weighted by molar-refractivity contribution is 7.98. The van der Waals surface area contributed by atoms with Crippen molar-refractivity contribution in [2.45, 2.75) is 17.5 Å². The van der Waals surface area contributed by atoms with Gasteiger partial charge < -0.3 is 9.72 Å². The van der Waals surface area contributed by atoms with E-state index in [1.807, 2.05) is 83.4 Å². The number of para-hydroxylation sites is 3. The molecule has 1 N–H and O–H groups in total. The molecule has 0 atom stereocenters. The van der Waals surface area contributed by atoms with E-state index in [9.17, 15) is 0 Å². The Kier molecular flexibility index (Phi) is 5.60. The molecule has 0 amide bonds. The van der Waals surface area contributed by atoms with Crippen molar-refractivity contribution in [3.8, 4) is 11.4 Å². The van der Waals surface area contributed by atoms with E-state index in [1.165, 1.54) is 0 Å². The van der Waals surface area contributed by atoms with Gasteiger partial charge >= 0.3 is 0 Å². The molecule has 0 saturated heterocycles. The first-order valence-electron chi connectivity index (χ1n) is 9.71. The Hall–Kier alpha value is -3.29. The number of aromatic amines is 1. The zero-order valence-corrected chi connectivity index (χ0v) is 18.0. The highest BCUT2D eigenvalue weighted by Crippen LogP contribution is 2.27. The van der Waals surface area contributed by atoms with Crippen LogP contribution in [0.25, 0.3) is 16.7 Å². The molecule has 154 valence electrons. The molecular weight excluding hydrogens is 430 g/mol. The minimum atomic E-state index is 0.296. The lowest BCUT2D eigenvalue weighted by Gasteiger charge is -2.11. The molecule has 6 nitrogen and oxygen atoms in total.